The number of amides is 2. The minimum absolute atomic E-state index is 0.0594. The minimum atomic E-state index is -0.477. The van der Waals surface area contributed by atoms with Gasteiger partial charge in [0, 0.05) is 5.56 Å². The third-order valence-corrected chi connectivity index (χ3v) is 5.12. The van der Waals surface area contributed by atoms with E-state index in [4.69, 9.17) is 12.2 Å². The molecule has 132 valence electrons. The second kappa shape index (κ2) is 7.72. The maximum absolute atomic E-state index is 12.6. The van der Waals surface area contributed by atoms with Crippen molar-refractivity contribution in [2.45, 2.75) is 13.3 Å². The van der Waals surface area contributed by atoms with Gasteiger partial charge in [-0.3, -0.25) is 15.0 Å². The zero-order chi connectivity index (χ0) is 18.7. The molecule has 0 radical (unpaired) electrons. The van der Waals surface area contributed by atoms with Gasteiger partial charge in [0.05, 0.1) is 4.91 Å². The molecule has 0 bridgehead atoms. The van der Waals surface area contributed by atoms with Crippen molar-refractivity contribution in [3.63, 3.8) is 0 Å². The van der Waals surface area contributed by atoms with E-state index in [9.17, 15) is 14.7 Å². The SMILES string of the molecule is CCc1ccc(/C=C2\SC(=S)N(NC(=O)c3ccc(O)cc3)C2=O)cc1. The molecule has 1 aliphatic heterocycles. The highest BCUT2D eigenvalue weighted by Crippen LogP contribution is 2.31. The first-order chi connectivity index (χ1) is 12.5. The van der Waals surface area contributed by atoms with Crippen molar-refractivity contribution in [3.05, 3.63) is 70.1 Å². The van der Waals surface area contributed by atoms with Crippen LogP contribution < -0.4 is 5.43 Å². The lowest BCUT2D eigenvalue weighted by Crippen LogP contribution is -2.44. The summed E-state index contributed by atoms with van der Waals surface area (Å²) >= 11 is 6.35. The van der Waals surface area contributed by atoms with Crippen molar-refractivity contribution < 1.29 is 14.7 Å². The van der Waals surface area contributed by atoms with Crippen LogP contribution in [-0.2, 0) is 11.2 Å². The van der Waals surface area contributed by atoms with E-state index in [1.807, 2.05) is 24.3 Å². The number of carbonyl (C=O) groups excluding carboxylic acids is 2. The molecule has 2 aromatic rings. The van der Waals surface area contributed by atoms with Gasteiger partial charge in [-0.2, -0.15) is 5.01 Å². The number of rotatable bonds is 4. The molecular formula is C19H16N2O3S2. The lowest BCUT2D eigenvalue weighted by molar-refractivity contribution is -0.123. The van der Waals surface area contributed by atoms with Gasteiger partial charge in [-0.1, -0.05) is 43.0 Å². The Kier molecular flexibility index (Phi) is 5.39. The van der Waals surface area contributed by atoms with Gasteiger partial charge in [-0.15, -0.1) is 0 Å². The second-order valence-electron chi connectivity index (χ2n) is 5.60. The van der Waals surface area contributed by atoms with Gasteiger partial charge in [0.25, 0.3) is 11.8 Å². The van der Waals surface area contributed by atoms with Gasteiger partial charge in [0.15, 0.2) is 4.32 Å². The predicted octanol–water partition coefficient (Wildman–Crippen LogP) is 3.50. The van der Waals surface area contributed by atoms with Crippen molar-refractivity contribution in [1.82, 2.24) is 10.4 Å². The van der Waals surface area contributed by atoms with Gasteiger partial charge in [-0.25, -0.2) is 0 Å². The van der Waals surface area contributed by atoms with Crippen molar-refractivity contribution in [2.24, 2.45) is 0 Å². The number of hydrazine groups is 1. The summed E-state index contributed by atoms with van der Waals surface area (Å²) in [6, 6.07) is 13.7. The maximum atomic E-state index is 12.6. The summed E-state index contributed by atoms with van der Waals surface area (Å²) < 4.78 is 0.263. The number of aryl methyl sites for hydroxylation is 1. The number of hydrogen-bond donors (Lipinski definition) is 2. The first kappa shape index (κ1) is 18.2. The van der Waals surface area contributed by atoms with E-state index in [-0.39, 0.29) is 16.0 Å². The molecule has 0 saturated carbocycles. The average Bonchev–Trinajstić information content (AvgIpc) is 2.90. The molecule has 7 heteroatoms. The van der Waals surface area contributed by atoms with Crippen LogP contribution in [0.15, 0.2) is 53.4 Å². The molecule has 1 heterocycles. The Labute approximate surface area is 160 Å². The number of nitrogens with zero attached hydrogens (tertiary/aromatic N) is 1. The monoisotopic (exact) mass is 384 g/mol. The van der Waals surface area contributed by atoms with E-state index in [1.54, 1.807) is 6.08 Å². The van der Waals surface area contributed by atoms with E-state index in [0.717, 1.165) is 28.8 Å². The highest BCUT2D eigenvalue weighted by molar-refractivity contribution is 8.26. The molecule has 2 aromatic carbocycles. The van der Waals surface area contributed by atoms with Gasteiger partial charge >= 0.3 is 0 Å². The van der Waals surface area contributed by atoms with Gasteiger partial charge in [0.2, 0.25) is 0 Å². The van der Waals surface area contributed by atoms with E-state index < -0.39 is 5.91 Å². The van der Waals surface area contributed by atoms with Crippen LogP contribution in [-0.4, -0.2) is 26.3 Å². The van der Waals surface area contributed by atoms with Crippen LogP contribution in [0.2, 0.25) is 0 Å². The topological polar surface area (TPSA) is 69.6 Å². The van der Waals surface area contributed by atoms with Crippen molar-refractivity contribution in [1.29, 1.82) is 0 Å². The Hall–Kier alpha value is -2.64. The number of carbonyl (C=O) groups is 2. The molecule has 3 rings (SSSR count). The summed E-state index contributed by atoms with van der Waals surface area (Å²) in [6.45, 7) is 2.08. The first-order valence-corrected chi connectivity index (χ1v) is 9.17. The quantitative estimate of drug-likeness (QED) is 0.624. The third kappa shape index (κ3) is 3.95. The van der Waals surface area contributed by atoms with Gasteiger partial charge < -0.3 is 5.11 Å². The smallest absolute Gasteiger partial charge is 0.285 e. The molecule has 0 aromatic heterocycles. The highest BCUT2D eigenvalue weighted by atomic mass is 32.2. The maximum Gasteiger partial charge on any atom is 0.285 e. The third-order valence-electron chi connectivity index (χ3n) is 3.82. The summed E-state index contributed by atoms with van der Waals surface area (Å²) in [5.41, 5.74) is 4.94. The lowest BCUT2D eigenvalue weighted by atomic mass is 10.1. The number of aromatic hydroxyl groups is 1. The van der Waals surface area contributed by atoms with Crippen LogP contribution in [0, 0.1) is 0 Å². The minimum Gasteiger partial charge on any atom is -0.508 e. The fraction of sp³-hybridized carbons (Fsp3) is 0.105. The van der Waals surface area contributed by atoms with Crippen LogP contribution in [0.4, 0.5) is 0 Å². The number of nitrogens with one attached hydrogen (secondary N) is 1. The summed E-state index contributed by atoms with van der Waals surface area (Å²) in [5.74, 6) is -0.786. The number of thioether (sulfide) groups is 1. The molecule has 0 unspecified atom stereocenters. The molecular weight excluding hydrogens is 368 g/mol. The van der Waals surface area contributed by atoms with E-state index in [0.29, 0.717) is 10.5 Å². The number of hydrogen-bond acceptors (Lipinski definition) is 5. The highest BCUT2D eigenvalue weighted by Gasteiger charge is 2.33. The Balaban J connectivity index is 1.74. The fourth-order valence-electron chi connectivity index (χ4n) is 2.34. The average molecular weight is 384 g/mol. The van der Waals surface area contributed by atoms with Crippen molar-refractivity contribution in [2.75, 3.05) is 0 Å². The van der Waals surface area contributed by atoms with E-state index in [1.165, 1.54) is 29.8 Å². The zero-order valence-corrected chi connectivity index (χ0v) is 15.6. The molecule has 1 aliphatic rings. The standard InChI is InChI=1S/C19H16N2O3S2/c1-2-12-3-5-13(6-4-12)11-16-18(24)21(19(25)26-16)20-17(23)14-7-9-15(22)10-8-14/h3-11,22H,2H2,1H3,(H,20,23)/b16-11-. The Morgan fingerprint density at radius 1 is 1.19 bits per heavy atom. The Bertz CT molecular complexity index is 890. The van der Waals surface area contributed by atoms with Crippen LogP contribution in [0.5, 0.6) is 5.75 Å². The largest absolute Gasteiger partial charge is 0.508 e. The molecule has 0 atom stereocenters. The molecule has 2 N–H and O–H groups in total. The van der Waals surface area contributed by atoms with Crippen molar-refractivity contribution in [3.8, 4) is 5.75 Å². The molecule has 5 nitrogen and oxygen atoms in total. The predicted molar refractivity (Wildman–Crippen MR) is 106 cm³/mol. The van der Waals surface area contributed by atoms with Gasteiger partial charge in [0.1, 0.15) is 5.75 Å². The van der Waals surface area contributed by atoms with Crippen LogP contribution in [0.1, 0.15) is 28.4 Å². The van der Waals surface area contributed by atoms with E-state index in [2.05, 4.69) is 12.3 Å². The summed E-state index contributed by atoms with van der Waals surface area (Å²) in [4.78, 5) is 25.3. The van der Waals surface area contributed by atoms with Crippen LogP contribution >= 0.6 is 24.0 Å². The van der Waals surface area contributed by atoms with E-state index >= 15 is 0 Å². The van der Waals surface area contributed by atoms with Crippen molar-refractivity contribution >= 4 is 46.2 Å². The Morgan fingerprint density at radius 3 is 2.46 bits per heavy atom. The second-order valence-corrected chi connectivity index (χ2v) is 7.28. The molecule has 2 amide bonds. The number of thiocarbonyl (C=S) groups is 1. The molecule has 0 aliphatic carbocycles. The number of phenolic OH excluding ortho intramolecular Hbond substituents is 1. The number of benzene rings is 2. The summed E-state index contributed by atoms with van der Waals surface area (Å²) in [7, 11) is 0. The molecule has 0 spiro atoms. The zero-order valence-electron chi connectivity index (χ0n) is 13.9. The van der Waals surface area contributed by atoms with Crippen LogP contribution in [0.25, 0.3) is 6.08 Å². The Morgan fingerprint density at radius 2 is 1.85 bits per heavy atom. The molecule has 1 fully saturated rings. The van der Waals surface area contributed by atoms with Gasteiger partial charge in [-0.05, 0) is 60.1 Å². The number of phenols is 1. The van der Waals surface area contributed by atoms with Crippen LogP contribution in [0.3, 0.4) is 0 Å². The molecule has 1 saturated heterocycles. The lowest BCUT2D eigenvalue weighted by Gasteiger charge is -2.15. The molecule has 26 heavy (non-hydrogen) atoms. The normalized spacial score (nSPS) is 15.6. The summed E-state index contributed by atoms with van der Waals surface area (Å²) in [5, 5.41) is 10.4. The summed E-state index contributed by atoms with van der Waals surface area (Å²) in [6.07, 6.45) is 2.71. The first-order valence-electron chi connectivity index (χ1n) is 7.95. The fourth-order valence-corrected chi connectivity index (χ4v) is 3.52.